The number of aliphatic imine (C=N–C) groups is 1. The van der Waals surface area contributed by atoms with Gasteiger partial charge in [0.15, 0.2) is 5.96 Å². The molecule has 0 aliphatic carbocycles. The Balaban J connectivity index is 0.00000288. The maximum absolute atomic E-state index is 11.1. The van der Waals surface area contributed by atoms with Gasteiger partial charge in [0.1, 0.15) is 0 Å². The highest BCUT2D eigenvalue weighted by atomic mass is 127. The van der Waals surface area contributed by atoms with Crippen LogP contribution in [0.4, 0.5) is 0 Å². The minimum Gasteiger partial charge on any atom is -0.370 e. The molecule has 1 fully saturated rings. The van der Waals surface area contributed by atoms with Crippen molar-refractivity contribution in [2.75, 3.05) is 20.1 Å². The van der Waals surface area contributed by atoms with Gasteiger partial charge >= 0.3 is 0 Å². The fraction of sp³-hybridized carbons (Fsp3) is 0.500. The number of nitrogens with zero attached hydrogens (tertiary/aromatic N) is 2. The molecular weight excluding hydrogens is 462 g/mol. The van der Waals surface area contributed by atoms with Gasteiger partial charge in [-0.2, -0.15) is 0 Å². The molecule has 1 aromatic rings. The molecule has 1 saturated heterocycles. The molecule has 1 unspecified atom stereocenters. The first-order valence-corrected chi connectivity index (χ1v) is 8.43. The van der Waals surface area contributed by atoms with Crippen LogP contribution in [0, 0.1) is 5.92 Å². The van der Waals surface area contributed by atoms with Crippen molar-refractivity contribution < 1.29 is 4.79 Å². The summed E-state index contributed by atoms with van der Waals surface area (Å²) in [5, 5.41) is 4.57. The molecule has 24 heavy (non-hydrogen) atoms. The van der Waals surface area contributed by atoms with Gasteiger partial charge in [-0.3, -0.25) is 9.79 Å². The second kappa shape index (κ2) is 10.3. The van der Waals surface area contributed by atoms with Gasteiger partial charge in [-0.05, 0) is 36.5 Å². The van der Waals surface area contributed by atoms with Crippen LogP contribution in [0.25, 0.3) is 0 Å². The Morgan fingerprint density at radius 2 is 2.21 bits per heavy atom. The third kappa shape index (κ3) is 6.29. The van der Waals surface area contributed by atoms with Crippen LogP contribution in [0.15, 0.2) is 23.2 Å². The third-order valence-electron chi connectivity index (χ3n) is 3.97. The molecule has 0 radical (unpaired) electrons. The molecular formula is C16H23Cl2IN4O. The lowest BCUT2D eigenvalue weighted by Gasteiger charge is -2.34. The Morgan fingerprint density at radius 3 is 2.83 bits per heavy atom. The lowest BCUT2D eigenvalue weighted by molar-refractivity contribution is -0.119. The predicted molar refractivity (Wildman–Crippen MR) is 110 cm³/mol. The molecule has 1 aliphatic rings. The van der Waals surface area contributed by atoms with E-state index in [-0.39, 0.29) is 29.9 Å². The van der Waals surface area contributed by atoms with E-state index in [0.717, 1.165) is 37.5 Å². The third-order valence-corrected chi connectivity index (χ3v) is 4.56. The highest BCUT2D eigenvalue weighted by Crippen LogP contribution is 2.22. The number of piperidine rings is 1. The van der Waals surface area contributed by atoms with E-state index in [1.807, 2.05) is 12.1 Å². The SMILES string of the molecule is CN=C(NCc1ccc(Cl)cc1Cl)N1CCCC(CC(N)=O)C1.I. The van der Waals surface area contributed by atoms with E-state index in [1.54, 1.807) is 13.1 Å². The topological polar surface area (TPSA) is 70.7 Å². The zero-order valence-corrected chi connectivity index (χ0v) is 17.4. The van der Waals surface area contributed by atoms with Gasteiger partial charge in [-0.15, -0.1) is 24.0 Å². The van der Waals surface area contributed by atoms with E-state index in [9.17, 15) is 4.79 Å². The fourth-order valence-corrected chi connectivity index (χ4v) is 3.36. The summed E-state index contributed by atoms with van der Waals surface area (Å²) in [5.74, 6) is 0.858. The van der Waals surface area contributed by atoms with Gasteiger partial charge < -0.3 is 16.0 Å². The molecule has 0 saturated carbocycles. The van der Waals surface area contributed by atoms with E-state index < -0.39 is 0 Å². The Labute approximate surface area is 170 Å². The van der Waals surface area contributed by atoms with Crippen LogP contribution in [0.3, 0.4) is 0 Å². The average molecular weight is 485 g/mol. The van der Waals surface area contributed by atoms with Crippen molar-refractivity contribution in [1.82, 2.24) is 10.2 Å². The van der Waals surface area contributed by atoms with Crippen molar-refractivity contribution in [3.8, 4) is 0 Å². The number of nitrogens with one attached hydrogen (secondary N) is 1. The predicted octanol–water partition coefficient (Wildman–Crippen LogP) is 3.27. The average Bonchev–Trinajstić information content (AvgIpc) is 2.49. The minimum absolute atomic E-state index is 0. The monoisotopic (exact) mass is 484 g/mol. The van der Waals surface area contributed by atoms with Crippen LogP contribution in [-0.4, -0.2) is 36.9 Å². The van der Waals surface area contributed by atoms with Crippen LogP contribution >= 0.6 is 47.2 Å². The maximum Gasteiger partial charge on any atom is 0.217 e. The first-order valence-electron chi connectivity index (χ1n) is 7.67. The summed E-state index contributed by atoms with van der Waals surface area (Å²) in [7, 11) is 1.75. The Kier molecular flexibility index (Phi) is 9.15. The molecule has 5 nitrogen and oxygen atoms in total. The summed E-state index contributed by atoms with van der Waals surface area (Å²) >= 11 is 12.1. The van der Waals surface area contributed by atoms with Gasteiger partial charge in [0.2, 0.25) is 5.91 Å². The molecule has 0 aromatic heterocycles. The van der Waals surface area contributed by atoms with Gasteiger partial charge in [-0.1, -0.05) is 29.3 Å². The van der Waals surface area contributed by atoms with Crippen LogP contribution in [0.2, 0.25) is 10.0 Å². The molecule has 1 atom stereocenters. The zero-order chi connectivity index (χ0) is 16.8. The molecule has 0 bridgehead atoms. The second-order valence-corrected chi connectivity index (χ2v) is 6.60. The number of rotatable bonds is 4. The molecule has 1 heterocycles. The standard InChI is InChI=1S/C16H22Cl2N4O.HI/c1-20-16(21-9-12-4-5-13(17)8-14(12)18)22-6-2-3-11(10-22)7-15(19)23;/h4-5,8,11H,2-3,6-7,9-10H2,1H3,(H2,19,23)(H,20,21);1H. The molecule has 8 heteroatoms. The molecule has 0 spiro atoms. The van der Waals surface area contributed by atoms with Crippen LogP contribution in [-0.2, 0) is 11.3 Å². The largest absolute Gasteiger partial charge is 0.370 e. The Morgan fingerprint density at radius 1 is 1.46 bits per heavy atom. The fourth-order valence-electron chi connectivity index (χ4n) is 2.88. The second-order valence-electron chi connectivity index (χ2n) is 5.76. The number of halogens is 3. The van der Waals surface area contributed by atoms with Crippen LogP contribution in [0.1, 0.15) is 24.8 Å². The summed E-state index contributed by atoms with van der Waals surface area (Å²) in [6.07, 6.45) is 2.48. The maximum atomic E-state index is 11.1. The number of carbonyl (C=O) groups is 1. The van der Waals surface area contributed by atoms with Crippen molar-refractivity contribution in [2.45, 2.75) is 25.8 Å². The normalized spacial score (nSPS) is 18.0. The summed E-state index contributed by atoms with van der Waals surface area (Å²) in [5.41, 5.74) is 6.27. The molecule has 1 aliphatic heterocycles. The number of carbonyl (C=O) groups excluding carboxylic acids is 1. The molecule has 134 valence electrons. The molecule has 3 N–H and O–H groups in total. The number of hydrogen-bond acceptors (Lipinski definition) is 2. The highest BCUT2D eigenvalue weighted by molar-refractivity contribution is 14.0. The molecule has 1 amide bonds. The number of nitrogens with two attached hydrogens (primary N) is 1. The van der Waals surface area contributed by atoms with E-state index in [1.165, 1.54) is 0 Å². The van der Waals surface area contributed by atoms with Crippen molar-refractivity contribution in [3.05, 3.63) is 33.8 Å². The number of guanidine groups is 1. The van der Waals surface area contributed by atoms with E-state index in [0.29, 0.717) is 28.9 Å². The smallest absolute Gasteiger partial charge is 0.217 e. The minimum atomic E-state index is -0.243. The van der Waals surface area contributed by atoms with Gasteiger partial charge in [-0.25, -0.2) is 0 Å². The lowest BCUT2D eigenvalue weighted by atomic mass is 9.95. The molecule has 2 rings (SSSR count). The first-order chi connectivity index (χ1) is 11.0. The van der Waals surface area contributed by atoms with Gasteiger partial charge in [0.25, 0.3) is 0 Å². The van der Waals surface area contributed by atoms with Crippen LogP contribution < -0.4 is 11.1 Å². The Bertz CT molecular complexity index is 597. The summed E-state index contributed by atoms with van der Waals surface area (Å²) in [4.78, 5) is 17.6. The van der Waals surface area contributed by atoms with Crippen molar-refractivity contribution >= 4 is 59.0 Å². The van der Waals surface area contributed by atoms with Crippen molar-refractivity contribution in [2.24, 2.45) is 16.6 Å². The quantitative estimate of drug-likeness (QED) is 0.391. The van der Waals surface area contributed by atoms with Crippen molar-refractivity contribution in [1.29, 1.82) is 0 Å². The zero-order valence-electron chi connectivity index (χ0n) is 13.6. The van der Waals surface area contributed by atoms with Gasteiger partial charge in [0.05, 0.1) is 0 Å². The van der Waals surface area contributed by atoms with Crippen molar-refractivity contribution in [3.63, 3.8) is 0 Å². The number of hydrogen-bond donors (Lipinski definition) is 2. The number of primary amides is 1. The Hall–Kier alpha value is -0.730. The van der Waals surface area contributed by atoms with E-state index in [2.05, 4.69) is 15.2 Å². The number of likely N-dealkylation sites (tertiary alicyclic amines) is 1. The highest BCUT2D eigenvalue weighted by Gasteiger charge is 2.23. The lowest BCUT2D eigenvalue weighted by Crippen LogP contribution is -2.46. The number of amides is 1. The summed E-state index contributed by atoms with van der Waals surface area (Å²) < 4.78 is 0. The van der Waals surface area contributed by atoms with E-state index >= 15 is 0 Å². The number of benzene rings is 1. The van der Waals surface area contributed by atoms with E-state index in [4.69, 9.17) is 28.9 Å². The van der Waals surface area contributed by atoms with Gasteiger partial charge in [0, 0.05) is 43.1 Å². The van der Waals surface area contributed by atoms with Crippen LogP contribution in [0.5, 0.6) is 0 Å². The summed E-state index contributed by atoms with van der Waals surface area (Å²) in [6.45, 7) is 2.28. The first kappa shape index (κ1) is 21.3. The molecule has 1 aromatic carbocycles. The summed E-state index contributed by atoms with van der Waals surface area (Å²) in [6, 6.07) is 5.45.